The SMILES string of the molecule is CC(NC1CNC1)c1cc(F)ccc1F. The van der Waals surface area contributed by atoms with Gasteiger partial charge in [-0.15, -0.1) is 0 Å². The Morgan fingerprint density at radius 2 is 2.13 bits per heavy atom. The molecule has 1 aromatic carbocycles. The van der Waals surface area contributed by atoms with Gasteiger partial charge in [0.15, 0.2) is 0 Å². The van der Waals surface area contributed by atoms with E-state index in [0.29, 0.717) is 11.6 Å². The number of halogens is 2. The van der Waals surface area contributed by atoms with Crippen molar-refractivity contribution in [3.8, 4) is 0 Å². The fourth-order valence-electron chi connectivity index (χ4n) is 1.70. The van der Waals surface area contributed by atoms with E-state index in [2.05, 4.69) is 10.6 Å². The van der Waals surface area contributed by atoms with Gasteiger partial charge < -0.3 is 10.6 Å². The molecular weight excluding hydrogens is 198 g/mol. The van der Waals surface area contributed by atoms with Gasteiger partial charge in [0.05, 0.1) is 0 Å². The van der Waals surface area contributed by atoms with Crippen molar-refractivity contribution in [1.29, 1.82) is 0 Å². The molecule has 0 radical (unpaired) electrons. The van der Waals surface area contributed by atoms with Crippen LogP contribution >= 0.6 is 0 Å². The average molecular weight is 212 g/mol. The first-order valence-electron chi connectivity index (χ1n) is 5.08. The quantitative estimate of drug-likeness (QED) is 0.795. The molecular formula is C11H14F2N2. The standard InChI is InChI=1S/C11H14F2N2/c1-7(15-9-5-14-6-9)10-4-8(12)2-3-11(10)13/h2-4,7,9,14-15H,5-6H2,1H3. The van der Waals surface area contributed by atoms with E-state index in [1.54, 1.807) is 0 Å². The van der Waals surface area contributed by atoms with E-state index < -0.39 is 5.82 Å². The van der Waals surface area contributed by atoms with Crippen LogP contribution in [-0.4, -0.2) is 19.1 Å². The van der Waals surface area contributed by atoms with Crippen LogP contribution in [0.3, 0.4) is 0 Å². The summed E-state index contributed by atoms with van der Waals surface area (Å²) in [6, 6.07) is 3.76. The zero-order chi connectivity index (χ0) is 10.8. The lowest BCUT2D eigenvalue weighted by molar-refractivity contribution is 0.334. The van der Waals surface area contributed by atoms with Gasteiger partial charge in [-0.1, -0.05) is 0 Å². The predicted octanol–water partition coefficient (Wildman–Crippen LogP) is 1.59. The highest BCUT2D eigenvalue weighted by atomic mass is 19.1. The highest BCUT2D eigenvalue weighted by Gasteiger charge is 2.20. The van der Waals surface area contributed by atoms with E-state index in [-0.39, 0.29) is 11.9 Å². The number of hydrogen-bond donors (Lipinski definition) is 2. The normalized spacial score (nSPS) is 18.6. The van der Waals surface area contributed by atoms with Gasteiger partial charge in [0.25, 0.3) is 0 Å². The lowest BCUT2D eigenvalue weighted by Crippen LogP contribution is -2.55. The first-order chi connectivity index (χ1) is 7.16. The van der Waals surface area contributed by atoms with E-state index in [4.69, 9.17) is 0 Å². The number of hydrogen-bond acceptors (Lipinski definition) is 2. The Labute approximate surface area is 87.7 Å². The topological polar surface area (TPSA) is 24.1 Å². The molecule has 0 bridgehead atoms. The molecule has 2 nitrogen and oxygen atoms in total. The second-order valence-corrected chi connectivity index (χ2v) is 3.91. The Kier molecular flexibility index (Phi) is 2.98. The summed E-state index contributed by atoms with van der Waals surface area (Å²) in [5, 5.41) is 6.35. The molecule has 1 atom stereocenters. The van der Waals surface area contributed by atoms with Gasteiger partial charge in [-0.25, -0.2) is 8.78 Å². The van der Waals surface area contributed by atoms with Crippen LogP contribution in [0.1, 0.15) is 18.5 Å². The zero-order valence-corrected chi connectivity index (χ0v) is 8.56. The summed E-state index contributed by atoms with van der Waals surface area (Å²) in [6.07, 6.45) is 0. The Balaban J connectivity index is 2.09. The maximum Gasteiger partial charge on any atom is 0.128 e. The lowest BCUT2D eigenvalue weighted by Gasteiger charge is -2.31. The summed E-state index contributed by atoms with van der Waals surface area (Å²) < 4.78 is 26.3. The summed E-state index contributed by atoms with van der Waals surface area (Å²) in [6.45, 7) is 3.62. The van der Waals surface area contributed by atoms with E-state index in [1.165, 1.54) is 12.1 Å². The second-order valence-electron chi connectivity index (χ2n) is 3.91. The van der Waals surface area contributed by atoms with Gasteiger partial charge in [0.2, 0.25) is 0 Å². The van der Waals surface area contributed by atoms with Crippen molar-refractivity contribution in [1.82, 2.24) is 10.6 Å². The molecule has 1 unspecified atom stereocenters. The molecule has 2 rings (SSSR count). The highest BCUT2D eigenvalue weighted by molar-refractivity contribution is 5.22. The number of rotatable bonds is 3. The Morgan fingerprint density at radius 1 is 1.40 bits per heavy atom. The molecule has 4 heteroatoms. The molecule has 0 spiro atoms. The van der Waals surface area contributed by atoms with Crippen molar-refractivity contribution in [2.24, 2.45) is 0 Å². The smallest absolute Gasteiger partial charge is 0.128 e. The first-order valence-corrected chi connectivity index (χ1v) is 5.08. The van der Waals surface area contributed by atoms with Crippen LogP contribution < -0.4 is 10.6 Å². The highest BCUT2D eigenvalue weighted by Crippen LogP contribution is 2.18. The molecule has 0 aliphatic carbocycles. The molecule has 82 valence electrons. The first kappa shape index (κ1) is 10.5. The summed E-state index contributed by atoms with van der Waals surface area (Å²) in [4.78, 5) is 0. The van der Waals surface area contributed by atoms with E-state index >= 15 is 0 Å². The van der Waals surface area contributed by atoms with Crippen LogP contribution in [-0.2, 0) is 0 Å². The van der Waals surface area contributed by atoms with Gasteiger partial charge in [-0.05, 0) is 25.1 Å². The van der Waals surface area contributed by atoms with Gasteiger partial charge in [-0.3, -0.25) is 0 Å². The van der Waals surface area contributed by atoms with Crippen LogP contribution in [0.25, 0.3) is 0 Å². The summed E-state index contributed by atoms with van der Waals surface area (Å²) in [7, 11) is 0. The van der Waals surface area contributed by atoms with Crippen LogP contribution in [0, 0.1) is 11.6 Å². The monoisotopic (exact) mass is 212 g/mol. The minimum absolute atomic E-state index is 0.159. The van der Waals surface area contributed by atoms with Crippen LogP contribution in [0.15, 0.2) is 18.2 Å². The van der Waals surface area contributed by atoms with Crippen molar-refractivity contribution in [2.75, 3.05) is 13.1 Å². The van der Waals surface area contributed by atoms with Crippen molar-refractivity contribution in [3.63, 3.8) is 0 Å². The van der Waals surface area contributed by atoms with Crippen LogP contribution in [0.2, 0.25) is 0 Å². The molecule has 2 N–H and O–H groups in total. The molecule has 15 heavy (non-hydrogen) atoms. The third-order valence-electron chi connectivity index (χ3n) is 2.69. The van der Waals surface area contributed by atoms with Crippen molar-refractivity contribution >= 4 is 0 Å². The van der Waals surface area contributed by atoms with E-state index in [1.807, 2.05) is 6.92 Å². The van der Waals surface area contributed by atoms with Crippen molar-refractivity contribution in [3.05, 3.63) is 35.4 Å². The summed E-state index contributed by atoms with van der Waals surface area (Å²) >= 11 is 0. The van der Waals surface area contributed by atoms with Crippen molar-refractivity contribution in [2.45, 2.75) is 19.0 Å². The molecule has 1 aromatic rings. The molecule has 1 aliphatic rings. The largest absolute Gasteiger partial charge is 0.314 e. The van der Waals surface area contributed by atoms with Crippen LogP contribution in [0.4, 0.5) is 8.78 Å². The molecule has 0 saturated carbocycles. The van der Waals surface area contributed by atoms with E-state index in [9.17, 15) is 8.78 Å². The fourth-order valence-corrected chi connectivity index (χ4v) is 1.70. The minimum Gasteiger partial charge on any atom is -0.314 e. The molecule has 1 fully saturated rings. The number of benzene rings is 1. The van der Waals surface area contributed by atoms with Gasteiger partial charge in [0.1, 0.15) is 11.6 Å². The van der Waals surface area contributed by atoms with Crippen LogP contribution in [0.5, 0.6) is 0 Å². The fraction of sp³-hybridized carbons (Fsp3) is 0.455. The minimum atomic E-state index is -0.396. The van der Waals surface area contributed by atoms with Gasteiger partial charge >= 0.3 is 0 Å². The molecule has 0 amide bonds. The summed E-state index contributed by atoms with van der Waals surface area (Å²) in [5.41, 5.74) is 0.391. The molecule has 1 heterocycles. The maximum atomic E-state index is 13.4. The van der Waals surface area contributed by atoms with Gasteiger partial charge in [0, 0.05) is 30.7 Å². The predicted molar refractivity (Wildman–Crippen MR) is 54.6 cm³/mol. The Morgan fingerprint density at radius 3 is 2.73 bits per heavy atom. The third kappa shape index (κ3) is 2.33. The second kappa shape index (κ2) is 4.24. The third-order valence-corrected chi connectivity index (χ3v) is 2.69. The summed E-state index contributed by atoms with van der Waals surface area (Å²) in [5.74, 6) is -0.754. The van der Waals surface area contributed by atoms with Gasteiger partial charge in [-0.2, -0.15) is 0 Å². The number of nitrogens with one attached hydrogen (secondary N) is 2. The average Bonchev–Trinajstić information content (AvgIpc) is 2.15. The molecule has 0 aromatic heterocycles. The lowest BCUT2D eigenvalue weighted by atomic mass is 10.0. The Bertz CT molecular complexity index is 350. The Hall–Kier alpha value is -1.00. The maximum absolute atomic E-state index is 13.4. The zero-order valence-electron chi connectivity index (χ0n) is 8.56. The molecule has 1 aliphatic heterocycles. The molecule has 1 saturated heterocycles. The van der Waals surface area contributed by atoms with E-state index in [0.717, 1.165) is 19.2 Å². The van der Waals surface area contributed by atoms with Crippen molar-refractivity contribution < 1.29 is 8.78 Å².